The maximum absolute atomic E-state index is 2.32. The summed E-state index contributed by atoms with van der Waals surface area (Å²) in [6, 6.07) is 0. The third kappa shape index (κ3) is 8.04. The molecule has 0 aromatic carbocycles. The maximum Gasteiger partial charge on any atom is 0.0817 e. The maximum atomic E-state index is 2.32. The third-order valence-electron chi connectivity index (χ3n) is 2.25. The molecule has 0 aliphatic heterocycles. The van der Waals surface area contributed by atoms with Gasteiger partial charge in [0.1, 0.15) is 0 Å². The summed E-state index contributed by atoms with van der Waals surface area (Å²) in [6.45, 7) is 9.25. The molecule has 13 heavy (non-hydrogen) atoms. The first-order chi connectivity index (χ1) is 5.98. The van der Waals surface area contributed by atoms with Gasteiger partial charge in [-0.15, -0.1) is 0 Å². The Labute approximate surface area is 84.0 Å². The second-order valence-electron chi connectivity index (χ2n) is 4.84. The molecular weight excluding hydrogens is 158 g/mol. The van der Waals surface area contributed by atoms with Gasteiger partial charge in [-0.05, 0) is 12.3 Å². The zero-order valence-corrected chi connectivity index (χ0v) is 10.0. The van der Waals surface area contributed by atoms with Crippen molar-refractivity contribution in [2.24, 2.45) is 5.92 Å². The molecule has 0 aromatic heterocycles. The first-order valence-corrected chi connectivity index (χ1v) is 5.46. The van der Waals surface area contributed by atoms with Crippen LogP contribution in [0.25, 0.3) is 0 Å². The van der Waals surface area contributed by atoms with Gasteiger partial charge in [0.05, 0.1) is 27.2 Å². The Bertz CT molecular complexity index is 145. The first kappa shape index (κ1) is 12.7. The van der Waals surface area contributed by atoms with Crippen LogP contribution in [0.3, 0.4) is 0 Å². The normalized spacial score (nSPS) is 13.1. The lowest BCUT2D eigenvalue weighted by atomic mass is 10.2. The van der Waals surface area contributed by atoms with Crippen LogP contribution >= 0.6 is 0 Å². The van der Waals surface area contributed by atoms with E-state index >= 15 is 0 Å². The molecule has 0 aromatic rings. The summed E-state index contributed by atoms with van der Waals surface area (Å²) >= 11 is 0. The number of hydrogen-bond donors (Lipinski definition) is 0. The van der Waals surface area contributed by atoms with Crippen molar-refractivity contribution in [1.29, 1.82) is 0 Å². The highest BCUT2D eigenvalue weighted by Crippen LogP contribution is 2.03. The molecule has 1 nitrogen and oxygen atoms in total. The number of hydrogen-bond acceptors (Lipinski definition) is 0. The lowest BCUT2D eigenvalue weighted by Gasteiger charge is -2.28. The monoisotopic (exact) mass is 184 g/mol. The minimum Gasteiger partial charge on any atom is -0.328 e. The fraction of sp³-hybridized carbons (Fsp3) is 0.833. The molecule has 0 atom stereocenters. The third-order valence-corrected chi connectivity index (χ3v) is 2.25. The Morgan fingerprint density at radius 1 is 1.15 bits per heavy atom. The molecular formula is C12H26N+. The van der Waals surface area contributed by atoms with Gasteiger partial charge in [0, 0.05) is 6.42 Å². The van der Waals surface area contributed by atoms with Crippen molar-refractivity contribution in [2.45, 2.75) is 33.6 Å². The summed E-state index contributed by atoms with van der Waals surface area (Å²) in [6.07, 6.45) is 7.11. The van der Waals surface area contributed by atoms with E-state index in [-0.39, 0.29) is 0 Å². The molecule has 0 fully saturated rings. The molecule has 0 rings (SSSR count). The van der Waals surface area contributed by atoms with E-state index in [0.29, 0.717) is 5.92 Å². The van der Waals surface area contributed by atoms with Gasteiger partial charge in [0.2, 0.25) is 0 Å². The highest BCUT2D eigenvalue weighted by molar-refractivity contribution is 4.83. The van der Waals surface area contributed by atoms with E-state index < -0.39 is 0 Å². The van der Waals surface area contributed by atoms with Crippen molar-refractivity contribution >= 4 is 0 Å². The standard InChI is InChI=1S/C12H26N/c1-6-10-13(4,5)11-8-7-9-12(2)3/h7,9,12H,6,8,10-11H2,1-5H3/q+1. The van der Waals surface area contributed by atoms with Gasteiger partial charge in [0.25, 0.3) is 0 Å². The summed E-state index contributed by atoms with van der Waals surface area (Å²) in [5.41, 5.74) is 0. The highest BCUT2D eigenvalue weighted by Gasteiger charge is 2.10. The highest BCUT2D eigenvalue weighted by atomic mass is 15.3. The van der Waals surface area contributed by atoms with E-state index in [2.05, 4.69) is 47.0 Å². The van der Waals surface area contributed by atoms with Crippen molar-refractivity contribution in [2.75, 3.05) is 27.2 Å². The summed E-state index contributed by atoms with van der Waals surface area (Å²) in [5, 5.41) is 0. The Hall–Kier alpha value is -0.300. The van der Waals surface area contributed by atoms with Gasteiger partial charge in [0.15, 0.2) is 0 Å². The Morgan fingerprint density at radius 3 is 2.23 bits per heavy atom. The van der Waals surface area contributed by atoms with Crippen LogP contribution in [-0.2, 0) is 0 Å². The molecule has 0 bridgehead atoms. The van der Waals surface area contributed by atoms with Crippen molar-refractivity contribution in [1.82, 2.24) is 0 Å². The molecule has 0 unspecified atom stereocenters. The van der Waals surface area contributed by atoms with Crippen LogP contribution in [0.5, 0.6) is 0 Å². The largest absolute Gasteiger partial charge is 0.328 e. The molecule has 1 heteroatoms. The molecule has 0 aliphatic rings. The molecule has 0 amide bonds. The van der Waals surface area contributed by atoms with Crippen LogP contribution in [0.4, 0.5) is 0 Å². The van der Waals surface area contributed by atoms with Crippen molar-refractivity contribution < 1.29 is 4.48 Å². The Morgan fingerprint density at radius 2 is 1.77 bits per heavy atom. The summed E-state index contributed by atoms with van der Waals surface area (Å²) < 4.78 is 1.15. The summed E-state index contributed by atoms with van der Waals surface area (Å²) in [5.74, 6) is 0.696. The van der Waals surface area contributed by atoms with E-state index in [1.165, 1.54) is 25.9 Å². The van der Waals surface area contributed by atoms with Crippen molar-refractivity contribution in [3.63, 3.8) is 0 Å². The molecule has 0 saturated heterocycles. The van der Waals surface area contributed by atoms with Gasteiger partial charge in [-0.25, -0.2) is 0 Å². The van der Waals surface area contributed by atoms with Crippen molar-refractivity contribution in [3.8, 4) is 0 Å². The number of nitrogens with zero attached hydrogens (tertiary/aromatic N) is 1. The zero-order valence-electron chi connectivity index (χ0n) is 10.0. The van der Waals surface area contributed by atoms with E-state index in [4.69, 9.17) is 0 Å². The van der Waals surface area contributed by atoms with Gasteiger partial charge < -0.3 is 4.48 Å². The summed E-state index contributed by atoms with van der Waals surface area (Å²) in [4.78, 5) is 0. The minimum absolute atomic E-state index is 0.696. The molecule has 0 radical (unpaired) electrons. The van der Waals surface area contributed by atoms with Crippen LogP contribution in [0.1, 0.15) is 33.6 Å². The lowest BCUT2D eigenvalue weighted by molar-refractivity contribution is -0.890. The first-order valence-electron chi connectivity index (χ1n) is 5.46. The lowest BCUT2D eigenvalue weighted by Crippen LogP contribution is -2.40. The average molecular weight is 184 g/mol. The number of rotatable bonds is 6. The van der Waals surface area contributed by atoms with E-state index in [0.717, 1.165) is 4.48 Å². The predicted molar refractivity (Wildman–Crippen MR) is 60.7 cm³/mol. The van der Waals surface area contributed by atoms with Gasteiger partial charge in [-0.2, -0.15) is 0 Å². The molecule has 78 valence electrons. The second-order valence-corrected chi connectivity index (χ2v) is 4.84. The fourth-order valence-corrected chi connectivity index (χ4v) is 1.51. The van der Waals surface area contributed by atoms with Crippen LogP contribution < -0.4 is 0 Å². The minimum atomic E-state index is 0.696. The van der Waals surface area contributed by atoms with Crippen molar-refractivity contribution in [3.05, 3.63) is 12.2 Å². The summed E-state index contributed by atoms with van der Waals surface area (Å²) in [7, 11) is 4.62. The fourth-order valence-electron chi connectivity index (χ4n) is 1.51. The van der Waals surface area contributed by atoms with Gasteiger partial charge in [-0.3, -0.25) is 0 Å². The molecule has 0 N–H and O–H groups in total. The Kier molecular flexibility index (Phi) is 6.06. The van der Waals surface area contributed by atoms with E-state index in [1.54, 1.807) is 0 Å². The Balaban J connectivity index is 3.62. The van der Waals surface area contributed by atoms with E-state index in [9.17, 15) is 0 Å². The molecule has 0 heterocycles. The predicted octanol–water partition coefficient (Wildman–Crippen LogP) is 3.08. The number of quaternary nitrogens is 1. The van der Waals surface area contributed by atoms with Crippen LogP contribution in [0, 0.1) is 5.92 Å². The zero-order chi connectivity index (χ0) is 10.3. The van der Waals surface area contributed by atoms with Gasteiger partial charge >= 0.3 is 0 Å². The van der Waals surface area contributed by atoms with Gasteiger partial charge in [-0.1, -0.05) is 32.9 Å². The molecule has 0 saturated carbocycles. The number of allylic oxidation sites excluding steroid dienone is 1. The topological polar surface area (TPSA) is 0 Å². The van der Waals surface area contributed by atoms with Crippen LogP contribution in [0.2, 0.25) is 0 Å². The molecule has 0 spiro atoms. The molecule has 0 aliphatic carbocycles. The smallest absolute Gasteiger partial charge is 0.0817 e. The second kappa shape index (κ2) is 6.20. The van der Waals surface area contributed by atoms with Crippen LogP contribution in [-0.4, -0.2) is 31.7 Å². The van der Waals surface area contributed by atoms with E-state index in [1.807, 2.05) is 0 Å². The SMILES string of the molecule is CCC[N+](C)(C)CCC=CC(C)C. The quantitative estimate of drug-likeness (QED) is 0.439. The van der Waals surface area contributed by atoms with Crippen LogP contribution in [0.15, 0.2) is 12.2 Å². The average Bonchev–Trinajstić information content (AvgIpc) is 1.98.